The smallest absolute Gasteiger partial charge is 0.262 e. The summed E-state index contributed by atoms with van der Waals surface area (Å²) in [5.74, 6) is -0.183. The Kier molecular flexibility index (Phi) is 5.03. The maximum absolute atomic E-state index is 13.1. The summed E-state index contributed by atoms with van der Waals surface area (Å²) in [6.45, 7) is 5.82. The number of hydrogen-bond donors (Lipinski definition) is 1. The van der Waals surface area contributed by atoms with Gasteiger partial charge in [0.15, 0.2) is 6.61 Å². The molecule has 1 amide bonds. The lowest BCUT2D eigenvalue weighted by Gasteiger charge is -2.12. The first-order chi connectivity index (χ1) is 10.4. The first kappa shape index (κ1) is 16.3. The third kappa shape index (κ3) is 3.98. The molecule has 2 aromatic carbocycles. The van der Waals surface area contributed by atoms with Crippen LogP contribution in [0.2, 0.25) is 5.02 Å². The van der Waals surface area contributed by atoms with Gasteiger partial charge in [-0.1, -0.05) is 17.7 Å². The van der Waals surface area contributed by atoms with Gasteiger partial charge >= 0.3 is 0 Å². The minimum Gasteiger partial charge on any atom is -0.483 e. The molecule has 22 heavy (non-hydrogen) atoms. The number of carbonyl (C=O) groups excluding carboxylic acids is 1. The summed E-state index contributed by atoms with van der Waals surface area (Å²) in [7, 11) is 0. The van der Waals surface area contributed by atoms with E-state index in [1.807, 2.05) is 32.9 Å². The minimum atomic E-state index is -0.526. The zero-order valence-electron chi connectivity index (χ0n) is 12.7. The van der Waals surface area contributed by atoms with Crippen LogP contribution in [0.25, 0.3) is 0 Å². The maximum Gasteiger partial charge on any atom is 0.262 e. The van der Waals surface area contributed by atoms with Gasteiger partial charge in [0.1, 0.15) is 11.6 Å². The van der Waals surface area contributed by atoms with E-state index in [9.17, 15) is 9.18 Å². The van der Waals surface area contributed by atoms with Crippen molar-refractivity contribution in [3.8, 4) is 5.75 Å². The Labute approximate surface area is 134 Å². The molecule has 116 valence electrons. The molecule has 0 spiro atoms. The molecule has 5 heteroatoms. The van der Waals surface area contributed by atoms with Crippen LogP contribution >= 0.6 is 11.6 Å². The molecule has 0 atom stereocenters. The van der Waals surface area contributed by atoms with Gasteiger partial charge in [-0.05, 0) is 61.7 Å². The van der Waals surface area contributed by atoms with Crippen molar-refractivity contribution in [2.45, 2.75) is 20.8 Å². The Morgan fingerprint density at radius 2 is 1.82 bits per heavy atom. The largest absolute Gasteiger partial charge is 0.483 e. The van der Waals surface area contributed by atoms with E-state index < -0.39 is 5.82 Å². The summed E-state index contributed by atoms with van der Waals surface area (Å²) in [6, 6.07) is 7.93. The second-order valence-electron chi connectivity index (χ2n) is 5.17. The van der Waals surface area contributed by atoms with E-state index in [-0.39, 0.29) is 17.5 Å². The van der Waals surface area contributed by atoms with Crippen molar-refractivity contribution in [1.82, 2.24) is 0 Å². The Bertz CT molecular complexity index is 716. The van der Waals surface area contributed by atoms with Crippen LogP contribution in [0, 0.1) is 26.6 Å². The Morgan fingerprint density at radius 1 is 1.14 bits per heavy atom. The average Bonchev–Trinajstić information content (AvgIpc) is 2.45. The standard InChI is InChI=1S/C17H17ClFNO2/c1-10-6-12(3)16(7-11(10)2)22-9-17(21)20-13-4-5-15(19)14(18)8-13/h4-8H,9H2,1-3H3,(H,20,21). The molecular formula is C17H17ClFNO2. The molecule has 2 aromatic rings. The zero-order chi connectivity index (χ0) is 16.3. The predicted octanol–water partition coefficient (Wildman–Crippen LogP) is 4.42. The van der Waals surface area contributed by atoms with Crippen molar-refractivity contribution >= 4 is 23.2 Å². The molecule has 0 unspecified atom stereocenters. The average molecular weight is 322 g/mol. The predicted molar refractivity (Wildman–Crippen MR) is 86.2 cm³/mol. The van der Waals surface area contributed by atoms with E-state index in [4.69, 9.17) is 16.3 Å². The summed E-state index contributed by atoms with van der Waals surface area (Å²) < 4.78 is 18.6. The number of rotatable bonds is 4. The molecule has 1 N–H and O–H groups in total. The van der Waals surface area contributed by atoms with Crippen molar-refractivity contribution < 1.29 is 13.9 Å². The van der Waals surface area contributed by atoms with Crippen LogP contribution in [0.4, 0.5) is 10.1 Å². The molecule has 0 aliphatic rings. The van der Waals surface area contributed by atoms with Gasteiger partial charge in [0.2, 0.25) is 0 Å². The number of hydrogen-bond acceptors (Lipinski definition) is 2. The van der Waals surface area contributed by atoms with Gasteiger partial charge in [0, 0.05) is 5.69 Å². The molecular weight excluding hydrogens is 305 g/mol. The summed E-state index contributed by atoms with van der Waals surface area (Å²) in [6.07, 6.45) is 0. The fourth-order valence-electron chi connectivity index (χ4n) is 2.00. The summed E-state index contributed by atoms with van der Waals surface area (Å²) in [4.78, 5) is 11.9. The fraction of sp³-hybridized carbons (Fsp3) is 0.235. The summed E-state index contributed by atoms with van der Waals surface area (Å²) >= 11 is 5.67. The summed E-state index contributed by atoms with van der Waals surface area (Å²) in [5, 5.41) is 2.57. The molecule has 0 aliphatic heterocycles. The van der Waals surface area contributed by atoms with Gasteiger partial charge in [-0.25, -0.2) is 4.39 Å². The fourth-order valence-corrected chi connectivity index (χ4v) is 2.18. The van der Waals surface area contributed by atoms with E-state index in [1.165, 1.54) is 23.8 Å². The van der Waals surface area contributed by atoms with Crippen molar-refractivity contribution in [1.29, 1.82) is 0 Å². The lowest BCUT2D eigenvalue weighted by atomic mass is 10.1. The van der Waals surface area contributed by atoms with Crippen LogP contribution in [0.5, 0.6) is 5.75 Å². The second-order valence-corrected chi connectivity index (χ2v) is 5.57. The Hall–Kier alpha value is -2.07. The van der Waals surface area contributed by atoms with Gasteiger partial charge in [-0.3, -0.25) is 4.79 Å². The van der Waals surface area contributed by atoms with Gasteiger partial charge in [-0.2, -0.15) is 0 Å². The van der Waals surface area contributed by atoms with E-state index in [0.29, 0.717) is 11.4 Å². The van der Waals surface area contributed by atoms with Crippen molar-refractivity contribution in [2.24, 2.45) is 0 Å². The Morgan fingerprint density at radius 3 is 2.50 bits per heavy atom. The number of benzene rings is 2. The second kappa shape index (κ2) is 6.79. The van der Waals surface area contributed by atoms with E-state index >= 15 is 0 Å². The highest BCUT2D eigenvalue weighted by molar-refractivity contribution is 6.31. The van der Waals surface area contributed by atoms with Gasteiger partial charge in [0.05, 0.1) is 5.02 Å². The monoisotopic (exact) mass is 321 g/mol. The first-order valence-electron chi connectivity index (χ1n) is 6.82. The third-order valence-corrected chi connectivity index (χ3v) is 3.64. The minimum absolute atomic E-state index is 0.0382. The normalized spacial score (nSPS) is 10.4. The molecule has 0 heterocycles. The highest BCUT2D eigenvalue weighted by Gasteiger charge is 2.08. The molecule has 0 saturated carbocycles. The van der Waals surface area contributed by atoms with Gasteiger partial charge < -0.3 is 10.1 Å². The topological polar surface area (TPSA) is 38.3 Å². The number of amides is 1. The number of halogens is 2. The molecule has 2 rings (SSSR count). The van der Waals surface area contributed by atoms with Crippen molar-refractivity contribution in [3.05, 3.63) is 57.9 Å². The molecule has 0 aromatic heterocycles. The quantitative estimate of drug-likeness (QED) is 0.905. The maximum atomic E-state index is 13.1. The molecule has 0 radical (unpaired) electrons. The van der Waals surface area contributed by atoms with E-state index in [1.54, 1.807) is 0 Å². The van der Waals surface area contributed by atoms with Crippen molar-refractivity contribution in [3.63, 3.8) is 0 Å². The third-order valence-electron chi connectivity index (χ3n) is 3.35. The van der Waals surface area contributed by atoms with Crippen LogP contribution in [0.15, 0.2) is 30.3 Å². The number of nitrogens with one attached hydrogen (secondary N) is 1. The van der Waals surface area contributed by atoms with Gasteiger partial charge in [-0.15, -0.1) is 0 Å². The SMILES string of the molecule is Cc1cc(C)c(OCC(=O)Nc2ccc(F)c(Cl)c2)cc1C. The van der Waals surface area contributed by atoms with E-state index in [2.05, 4.69) is 5.32 Å². The highest BCUT2D eigenvalue weighted by atomic mass is 35.5. The number of anilines is 1. The van der Waals surface area contributed by atoms with Crippen LogP contribution in [0.3, 0.4) is 0 Å². The highest BCUT2D eigenvalue weighted by Crippen LogP contribution is 2.23. The van der Waals surface area contributed by atoms with Gasteiger partial charge in [0.25, 0.3) is 5.91 Å². The number of aryl methyl sites for hydroxylation is 3. The van der Waals surface area contributed by atoms with Crippen LogP contribution < -0.4 is 10.1 Å². The number of carbonyl (C=O) groups is 1. The molecule has 0 aliphatic carbocycles. The molecule has 0 saturated heterocycles. The summed E-state index contributed by atoms with van der Waals surface area (Å²) in [5.41, 5.74) is 3.68. The van der Waals surface area contributed by atoms with Crippen LogP contribution in [0.1, 0.15) is 16.7 Å². The van der Waals surface area contributed by atoms with Crippen LogP contribution in [-0.2, 0) is 4.79 Å². The Balaban J connectivity index is 1.98. The first-order valence-corrected chi connectivity index (χ1v) is 7.20. The lowest BCUT2D eigenvalue weighted by Crippen LogP contribution is -2.20. The molecule has 3 nitrogen and oxygen atoms in total. The zero-order valence-corrected chi connectivity index (χ0v) is 13.4. The molecule has 0 bridgehead atoms. The van der Waals surface area contributed by atoms with Crippen LogP contribution in [-0.4, -0.2) is 12.5 Å². The lowest BCUT2D eigenvalue weighted by molar-refractivity contribution is -0.118. The van der Waals surface area contributed by atoms with Crippen molar-refractivity contribution in [2.75, 3.05) is 11.9 Å². The van der Waals surface area contributed by atoms with E-state index in [0.717, 1.165) is 11.1 Å². The molecule has 0 fully saturated rings. The number of ether oxygens (including phenoxy) is 1.